The minimum Gasteiger partial charge on any atom is -0.394 e. The van der Waals surface area contributed by atoms with Gasteiger partial charge in [0.2, 0.25) is 15.0 Å². The molecule has 2 saturated heterocycles. The van der Waals surface area contributed by atoms with Crippen LogP contribution >= 0.6 is 0 Å². The number of anilines is 2. The normalized spacial score (nSPS) is 17.5. The molecule has 6 rings (SSSR count). The van der Waals surface area contributed by atoms with Crippen molar-refractivity contribution < 1.29 is 36.3 Å². The average Bonchev–Trinajstić information content (AvgIpc) is 3.79. The van der Waals surface area contributed by atoms with E-state index in [1.54, 1.807) is 35.9 Å². The molecular weight excluding hydrogens is 703 g/mol. The molecule has 1 N–H and O–H groups in total. The molecule has 0 saturated carbocycles. The molecule has 0 bridgehead atoms. The third-order valence-electron chi connectivity index (χ3n) is 8.98. The van der Waals surface area contributed by atoms with Crippen LogP contribution in [0.4, 0.5) is 17.2 Å². The van der Waals surface area contributed by atoms with Crippen LogP contribution in [0.2, 0.25) is 0 Å². The van der Waals surface area contributed by atoms with Crippen molar-refractivity contribution in [3.63, 3.8) is 0 Å². The van der Waals surface area contributed by atoms with Gasteiger partial charge in [0, 0.05) is 56.1 Å². The largest absolute Gasteiger partial charge is 0.394 e. The Hall–Kier alpha value is -4.23. The van der Waals surface area contributed by atoms with Gasteiger partial charge < -0.3 is 19.5 Å². The van der Waals surface area contributed by atoms with Gasteiger partial charge in [-0.1, -0.05) is 12.1 Å². The first-order chi connectivity index (χ1) is 24.4. The highest BCUT2D eigenvalue weighted by molar-refractivity contribution is 7.93. The summed E-state index contributed by atoms with van der Waals surface area (Å²) in [6.07, 6.45) is 5.16. The fourth-order valence-electron chi connectivity index (χ4n) is 6.50. The number of sulfonamides is 1. The molecule has 2 aliphatic rings. The molecule has 0 amide bonds. The van der Waals surface area contributed by atoms with Crippen LogP contribution in [0.25, 0.3) is 22.3 Å². The number of rotatable bonds is 14. The van der Waals surface area contributed by atoms with Crippen LogP contribution < -0.4 is 9.21 Å². The molecule has 2 aromatic heterocycles. The molecule has 274 valence electrons. The van der Waals surface area contributed by atoms with Crippen LogP contribution in [0.3, 0.4) is 0 Å². The van der Waals surface area contributed by atoms with E-state index in [4.69, 9.17) is 14.6 Å². The monoisotopic (exact) mass is 743 g/mol. The average molecular weight is 744 g/mol. The van der Waals surface area contributed by atoms with Gasteiger partial charge in [-0.15, -0.1) is 0 Å². The van der Waals surface area contributed by atoms with Crippen molar-refractivity contribution in [2.24, 2.45) is 0 Å². The van der Waals surface area contributed by atoms with Crippen LogP contribution in [0.15, 0.2) is 58.6 Å². The van der Waals surface area contributed by atoms with Gasteiger partial charge in [-0.2, -0.15) is 5.10 Å². The Kier molecular flexibility index (Phi) is 10.9. The van der Waals surface area contributed by atoms with Crippen molar-refractivity contribution >= 4 is 48.0 Å². The predicted octanol–water partition coefficient (Wildman–Crippen LogP) is 4.09. The number of benzene rings is 2. The van der Waals surface area contributed by atoms with Gasteiger partial charge in [-0.05, 0) is 69.7 Å². The third-order valence-corrected chi connectivity index (χ3v) is 11.8. The molecule has 2 aliphatic heterocycles. The van der Waals surface area contributed by atoms with E-state index in [9.17, 15) is 32.1 Å². The summed E-state index contributed by atoms with van der Waals surface area (Å²) < 4.78 is 69.0. The summed E-state index contributed by atoms with van der Waals surface area (Å²) >= 11 is 0. The summed E-state index contributed by atoms with van der Waals surface area (Å²) in [5, 5.41) is 26.2. The van der Waals surface area contributed by atoms with E-state index < -0.39 is 47.6 Å². The SMILES string of the molecule is CC(CCOCCO)N(c1ccc2c(c1)c(-c1cc(N3CCCC3)nc(S(C)(=O)=O)n1)nn2C1CCCCO1)S(=O)(=O)c1ccccc1[N+](=O)[O-]. The highest BCUT2D eigenvalue weighted by Crippen LogP contribution is 2.39. The number of ether oxygens (including phenoxy) is 2. The number of nitro benzene ring substituents is 1. The Morgan fingerprint density at radius 2 is 1.82 bits per heavy atom. The maximum atomic E-state index is 14.5. The number of hydrogen-bond acceptors (Lipinski definition) is 13. The molecular formula is C33H41N7O9S2. The van der Waals surface area contributed by atoms with Gasteiger partial charge in [0.25, 0.3) is 15.7 Å². The second-order valence-electron chi connectivity index (χ2n) is 12.7. The topological polar surface area (TPSA) is 200 Å². The van der Waals surface area contributed by atoms with Gasteiger partial charge in [-0.25, -0.2) is 31.5 Å². The lowest BCUT2D eigenvalue weighted by atomic mass is 10.1. The first-order valence-corrected chi connectivity index (χ1v) is 20.2. The minimum atomic E-state index is -4.55. The smallest absolute Gasteiger partial charge is 0.289 e. The van der Waals surface area contributed by atoms with Crippen LogP contribution in [0.5, 0.6) is 0 Å². The summed E-state index contributed by atoms with van der Waals surface area (Å²) in [7, 11) is -8.39. The minimum absolute atomic E-state index is 0.0647. The van der Waals surface area contributed by atoms with Crippen molar-refractivity contribution in [3.8, 4) is 11.4 Å². The molecule has 51 heavy (non-hydrogen) atoms. The van der Waals surface area contributed by atoms with Crippen molar-refractivity contribution in [1.29, 1.82) is 0 Å². The zero-order valence-corrected chi connectivity index (χ0v) is 30.1. The Bertz CT molecular complexity index is 2110. The zero-order chi connectivity index (χ0) is 36.3. The van der Waals surface area contributed by atoms with E-state index in [1.807, 2.05) is 4.90 Å². The van der Waals surface area contributed by atoms with Gasteiger partial charge >= 0.3 is 0 Å². The van der Waals surface area contributed by atoms with E-state index in [1.165, 1.54) is 18.2 Å². The zero-order valence-electron chi connectivity index (χ0n) is 28.4. The number of nitro groups is 1. The van der Waals surface area contributed by atoms with Crippen LogP contribution in [0.1, 0.15) is 51.7 Å². The number of hydrogen-bond donors (Lipinski definition) is 1. The first-order valence-electron chi connectivity index (χ1n) is 16.8. The number of sulfone groups is 1. The second-order valence-corrected chi connectivity index (χ2v) is 16.4. The van der Waals surface area contributed by atoms with Crippen molar-refractivity contribution in [1.82, 2.24) is 19.7 Å². The lowest BCUT2D eigenvalue weighted by molar-refractivity contribution is -0.387. The molecule has 2 atom stereocenters. The summed E-state index contributed by atoms with van der Waals surface area (Å²) in [5.74, 6) is 0.447. The number of aliphatic hydroxyl groups excluding tert-OH is 1. The number of nitrogens with zero attached hydrogens (tertiary/aromatic N) is 7. The maximum Gasteiger partial charge on any atom is 0.289 e. The molecule has 4 heterocycles. The van der Waals surface area contributed by atoms with E-state index in [0.29, 0.717) is 48.5 Å². The van der Waals surface area contributed by atoms with Crippen molar-refractivity contribution in [2.45, 2.75) is 67.8 Å². The van der Waals surface area contributed by atoms with Crippen molar-refractivity contribution in [2.75, 3.05) is 55.0 Å². The summed E-state index contributed by atoms with van der Waals surface area (Å²) in [6.45, 7) is 3.58. The standard InChI is InChI=1S/C33H41N7O9S2/c1-23(14-19-48-20-17-41)39(51(46,47)29-10-4-3-9-28(29)40(42)43)24-12-13-27-25(21-24)32(36-38(27)31-11-5-8-18-49-31)26-22-30(37-15-6-7-16-37)35-33(34-26)50(2,44)45/h3-4,9-10,12-13,21-23,31,41H,5-8,11,14-20H2,1-2H3. The molecule has 18 heteroatoms. The van der Waals surface area contributed by atoms with Gasteiger partial charge in [0.15, 0.2) is 11.1 Å². The van der Waals surface area contributed by atoms with Crippen LogP contribution in [0, 0.1) is 10.1 Å². The molecule has 2 fully saturated rings. The number of fused-ring (bicyclic) bond motifs is 1. The Morgan fingerprint density at radius 3 is 2.51 bits per heavy atom. The Balaban J connectivity index is 1.56. The Morgan fingerprint density at radius 1 is 1.06 bits per heavy atom. The molecule has 2 unspecified atom stereocenters. The van der Waals surface area contributed by atoms with E-state index >= 15 is 0 Å². The molecule has 16 nitrogen and oxygen atoms in total. The lowest BCUT2D eigenvalue weighted by Crippen LogP contribution is -2.39. The number of aliphatic hydroxyl groups is 1. The summed E-state index contributed by atoms with van der Waals surface area (Å²) in [4.78, 5) is 21.6. The summed E-state index contributed by atoms with van der Waals surface area (Å²) in [6, 6.07) is 11.1. The fraction of sp³-hybridized carbons (Fsp3) is 0.485. The number of aromatic nitrogens is 4. The third kappa shape index (κ3) is 7.69. The predicted molar refractivity (Wildman–Crippen MR) is 189 cm³/mol. The van der Waals surface area contributed by atoms with E-state index in [-0.39, 0.29) is 42.8 Å². The highest BCUT2D eigenvalue weighted by Gasteiger charge is 2.36. The molecule has 0 aliphatic carbocycles. The quantitative estimate of drug-likeness (QED) is 0.0839. The molecule has 0 radical (unpaired) electrons. The lowest BCUT2D eigenvalue weighted by Gasteiger charge is -2.30. The van der Waals surface area contributed by atoms with Crippen LogP contribution in [-0.4, -0.2) is 98.4 Å². The second kappa shape index (κ2) is 15.2. The van der Waals surface area contributed by atoms with E-state index in [0.717, 1.165) is 42.3 Å². The summed E-state index contributed by atoms with van der Waals surface area (Å²) in [5.41, 5.74) is 0.764. The highest BCUT2D eigenvalue weighted by atomic mass is 32.2. The van der Waals surface area contributed by atoms with E-state index in [2.05, 4.69) is 9.97 Å². The number of para-hydroxylation sites is 1. The van der Waals surface area contributed by atoms with Crippen LogP contribution in [-0.2, 0) is 29.3 Å². The maximum absolute atomic E-state index is 14.5. The van der Waals surface area contributed by atoms with Gasteiger partial charge in [-0.3, -0.25) is 14.4 Å². The molecule has 2 aromatic carbocycles. The van der Waals surface area contributed by atoms with Crippen molar-refractivity contribution in [3.05, 3.63) is 58.6 Å². The fourth-order valence-corrected chi connectivity index (χ4v) is 8.86. The first kappa shape index (κ1) is 36.6. The van der Waals surface area contributed by atoms with Gasteiger partial charge in [0.05, 0.1) is 35.0 Å². The molecule has 0 spiro atoms. The molecule has 4 aromatic rings. The Labute approximate surface area is 296 Å². The van der Waals surface area contributed by atoms with Gasteiger partial charge in [0.1, 0.15) is 11.5 Å².